The Morgan fingerprint density at radius 2 is 1.67 bits per heavy atom. The molecule has 0 bridgehead atoms. The Labute approximate surface area is 105 Å². The molecule has 0 atom stereocenters. The van der Waals surface area contributed by atoms with Gasteiger partial charge in [-0.05, 0) is 36.8 Å². The number of rotatable bonds is 3. The Morgan fingerprint density at radius 1 is 1.06 bits per heavy atom. The highest BCUT2D eigenvalue weighted by Crippen LogP contribution is 2.12. The van der Waals surface area contributed by atoms with Crippen LogP contribution in [0.3, 0.4) is 0 Å². The van der Waals surface area contributed by atoms with Crippen LogP contribution in [-0.4, -0.2) is 12.0 Å². The van der Waals surface area contributed by atoms with Gasteiger partial charge < -0.3 is 0 Å². The lowest BCUT2D eigenvalue weighted by molar-refractivity contribution is 0.101. The molecule has 2 nitrogen and oxygen atoms in total. The maximum Gasteiger partial charge on any atom is 0.159 e. The number of nitrogens with zero attached hydrogens (tertiary/aromatic N) is 1. The number of hydrogen-bond donors (Lipinski definition) is 0. The molecule has 3 heteroatoms. The van der Waals surface area contributed by atoms with Gasteiger partial charge in [0.25, 0.3) is 0 Å². The Bertz CT molecular complexity index is 570. The highest BCUT2D eigenvalue weighted by atomic mass is 19.1. The second-order valence-electron chi connectivity index (χ2n) is 3.91. The molecule has 0 aliphatic carbocycles. The lowest BCUT2D eigenvalue weighted by atomic mass is 10.1. The second-order valence-corrected chi connectivity index (χ2v) is 3.91. The molecule has 0 aliphatic rings. The van der Waals surface area contributed by atoms with Gasteiger partial charge in [0.2, 0.25) is 0 Å². The molecule has 0 fully saturated rings. The fraction of sp³-hybridized carbons (Fsp3) is 0.0667. The maximum atomic E-state index is 12.7. The summed E-state index contributed by atoms with van der Waals surface area (Å²) in [6.45, 7) is 1.53. The van der Waals surface area contributed by atoms with Gasteiger partial charge in [0.05, 0.1) is 5.69 Å². The SMILES string of the molecule is CC(=O)c1ccc(/C=N/c2ccc(F)cc2)cc1. The molecule has 0 heterocycles. The lowest BCUT2D eigenvalue weighted by Gasteiger charge is -1.97. The van der Waals surface area contributed by atoms with Crippen LogP contribution in [0.5, 0.6) is 0 Å². The number of benzene rings is 2. The van der Waals surface area contributed by atoms with Crippen LogP contribution in [0.25, 0.3) is 0 Å². The zero-order valence-corrected chi connectivity index (χ0v) is 9.93. The van der Waals surface area contributed by atoms with Crippen LogP contribution in [0.15, 0.2) is 53.5 Å². The van der Waals surface area contributed by atoms with Crippen LogP contribution in [0.4, 0.5) is 10.1 Å². The molecular weight excluding hydrogens is 229 g/mol. The molecule has 2 rings (SSSR count). The van der Waals surface area contributed by atoms with E-state index < -0.39 is 0 Å². The van der Waals surface area contributed by atoms with E-state index in [9.17, 15) is 9.18 Å². The van der Waals surface area contributed by atoms with Crippen LogP contribution in [-0.2, 0) is 0 Å². The van der Waals surface area contributed by atoms with Crippen LogP contribution in [0, 0.1) is 5.82 Å². The molecular formula is C15H12FNO. The predicted molar refractivity (Wildman–Crippen MR) is 70.1 cm³/mol. The number of halogens is 1. The summed E-state index contributed by atoms with van der Waals surface area (Å²) in [6, 6.07) is 13.1. The van der Waals surface area contributed by atoms with E-state index in [1.807, 2.05) is 12.1 Å². The zero-order valence-electron chi connectivity index (χ0n) is 9.93. The van der Waals surface area contributed by atoms with Crippen molar-refractivity contribution >= 4 is 17.7 Å². The van der Waals surface area contributed by atoms with Crippen molar-refractivity contribution in [2.75, 3.05) is 0 Å². The van der Waals surface area contributed by atoms with Crippen molar-refractivity contribution in [3.05, 3.63) is 65.5 Å². The van der Waals surface area contributed by atoms with Crippen LogP contribution in [0.2, 0.25) is 0 Å². The third-order valence-corrected chi connectivity index (χ3v) is 2.51. The number of ketones is 1. The van der Waals surface area contributed by atoms with E-state index in [1.54, 1.807) is 30.5 Å². The maximum absolute atomic E-state index is 12.7. The standard InChI is InChI=1S/C15H12FNO/c1-11(18)13-4-2-12(3-5-13)10-17-15-8-6-14(16)7-9-15/h2-10H,1H3/b17-10+. The largest absolute Gasteiger partial charge is 0.295 e. The first-order valence-electron chi connectivity index (χ1n) is 5.56. The average molecular weight is 241 g/mol. The number of Topliss-reactive ketones (excluding diaryl/α,β-unsaturated/α-hetero) is 1. The monoisotopic (exact) mass is 241 g/mol. The molecule has 18 heavy (non-hydrogen) atoms. The van der Waals surface area contributed by atoms with Crippen molar-refractivity contribution < 1.29 is 9.18 Å². The van der Waals surface area contributed by atoms with Crippen LogP contribution >= 0.6 is 0 Å². The van der Waals surface area contributed by atoms with E-state index in [2.05, 4.69) is 4.99 Å². The molecule has 0 unspecified atom stereocenters. The first kappa shape index (κ1) is 12.2. The normalized spacial score (nSPS) is 10.8. The minimum atomic E-state index is -0.278. The summed E-state index contributed by atoms with van der Waals surface area (Å²) in [4.78, 5) is 15.3. The third-order valence-electron chi connectivity index (χ3n) is 2.51. The Kier molecular flexibility index (Phi) is 3.63. The van der Waals surface area contributed by atoms with Crippen LogP contribution in [0.1, 0.15) is 22.8 Å². The first-order chi connectivity index (χ1) is 8.65. The quantitative estimate of drug-likeness (QED) is 0.594. The molecule has 90 valence electrons. The minimum absolute atomic E-state index is 0.0389. The van der Waals surface area contributed by atoms with Gasteiger partial charge in [-0.15, -0.1) is 0 Å². The van der Waals surface area contributed by atoms with E-state index >= 15 is 0 Å². The van der Waals surface area contributed by atoms with E-state index in [1.165, 1.54) is 19.1 Å². The Balaban J connectivity index is 2.13. The molecule has 0 amide bonds. The average Bonchev–Trinajstić information content (AvgIpc) is 2.38. The smallest absolute Gasteiger partial charge is 0.159 e. The van der Waals surface area contributed by atoms with Crippen molar-refractivity contribution in [3.63, 3.8) is 0 Å². The molecule has 2 aromatic rings. The van der Waals surface area contributed by atoms with Crippen molar-refractivity contribution in [2.24, 2.45) is 4.99 Å². The predicted octanol–water partition coefficient (Wildman–Crippen LogP) is 3.78. The van der Waals surface area contributed by atoms with Crippen LogP contribution < -0.4 is 0 Å². The molecule has 0 saturated heterocycles. The summed E-state index contributed by atoms with van der Waals surface area (Å²) in [5.74, 6) is -0.239. The lowest BCUT2D eigenvalue weighted by Crippen LogP contribution is -1.91. The summed E-state index contributed by atoms with van der Waals surface area (Å²) < 4.78 is 12.7. The van der Waals surface area contributed by atoms with Crippen molar-refractivity contribution in [1.29, 1.82) is 0 Å². The minimum Gasteiger partial charge on any atom is -0.295 e. The fourth-order valence-corrected chi connectivity index (χ4v) is 1.48. The van der Waals surface area contributed by atoms with Crippen molar-refractivity contribution in [1.82, 2.24) is 0 Å². The van der Waals surface area contributed by atoms with E-state index in [0.717, 1.165) is 5.56 Å². The molecule has 0 saturated carbocycles. The molecule has 0 aromatic heterocycles. The van der Waals surface area contributed by atoms with E-state index in [-0.39, 0.29) is 11.6 Å². The molecule has 0 radical (unpaired) electrons. The van der Waals surface area contributed by atoms with Crippen molar-refractivity contribution in [2.45, 2.75) is 6.92 Å². The number of carbonyl (C=O) groups excluding carboxylic acids is 1. The highest BCUT2D eigenvalue weighted by molar-refractivity contribution is 5.95. The molecule has 0 spiro atoms. The fourth-order valence-electron chi connectivity index (χ4n) is 1.48. The van der Waals surface area contributed by atoms with Crippen molar-refractivity contribution in [3.8, 4) is 0 Å². The third kappa shape index (κ3) is 3.10. The molecule has 0 aliphatic heterocycles. The van der Waals surface area contributed by atoms with E-state index in [0.29, 0.717) is 11.3 Å². The number of aliphatic imine (C=N–C) groups is 1. The van der Waals surface area contributed by atoms with Gasteiger partial charge in [-0.1, -0.05) is 24.3 Å². The summed E-state index contributed by atoms with van der Waals surface area (Å²) >= 11 is 0. The van der Waals surface area contributed by atoms with Gasteiger partial charge in [0, 0.05) is 11.8 Å². The van der Waals surface area contributed by atoms with Gasteiger partial charge in [-0.25, -0.2) is 4.39 Å². The topological polar surface area (TPSA) is 29.4 Å². The van der Waals surface area contributed by atoms with Gasteiger partial charge in [0.1, 0.15) is 5.82 Å². The summed E-state index contributed by atoms with van der Waals surface area (Å²) in [5, 5.41) is 0. The van der Waals surface area contributed by atoms with Gasteiger partial charge >= 0.3 is 0 Å². The van der Waals surface area contributed by atoms with Gasteiger partial charge in [-0.3, -0.25) is 9.79 Å². The summed E-state index contributed by atoms with van der Waals surface area (Å²) in [5.41, 5.74) is 2.25. The second kappa shape index (κ2) is 5.36. The highest BCUT2D eigenvalue weighted by Gasteiger charge is 1.97. The molecule has 2 aromatic carbocycles. The van der Waals surface area contributed by atoms with Gasteiger partial charge in [0.15, 0.2) is 5.78 Å². The van der Waals surface area contributed by atoms with E-state index in [4.69, 9.17) is 0 Å². The number of carbonyl (C=O) groups is 1. The number of hydrogen-bond acceptors (Lipinski definition) is 2. The molecule has 0 N–H and O–H groups in total. The summed E-state index contributed by atoms with van der Waals surface area (Å²) in [6.07, 6.45) is 1.68. The Hall–Kier alpha value is -2.29. The zero-order chi connectivity index (χ0) is 13.0. The Morgan fingerprint density at radius 3 is 2.22 bits per heavy atom. The summed E-state index contributed by atoms with van der Waals surface area (Å²) in [7, 11) is 0. The van der Waals surface area contributed by atoms with Gasteiger partial charge in [-0.2, -0.15) is 0 Å². The first-order valence-corrected chi connectivity index (χ1v) is 5.56.